The molecule has 8 heteroatoms. The standard InChI is InChI=1S/C13H18N4O2S2/c1-4-14-7-11-5-6-12(15-8-11)21(18,19)17-13-16-9(2)10(3)20-13/h5-6,8,14H,4,7H2,1-3H3,(H,16,17). The number of hydrogen-bond acceptors (Lipinski definition) is 6. The van der Waals surface area contributed by atoms with E-state index in [1.54, 1.807) is 12.3 Å². The molecule has 0 unspecified atom stereocenters. The van der Waals surface area contributed by atoms with Gasteiger partial charge in [-0.15, -0.1) is 11.3 Å². The van der Waals surface area contributed by atoms with E-state index in [1.165, 1.54) is 17.4 Å². The Morgan fingerprint density at radius 1 is 1.29 bits per heavy atom. The third-order valence-corrected chi connectivity index (χ3v) is 5.27. The number of aromatic nitrogens is 2. The summed E-state index contributed by atoms with van der Waals surface area (Å²) in [6.45, 7) is 7.27. The molecule has 0 aromatic carbocycles. The van der Waals surface area contributed by atoms with Gasteiger partial charge in [0.2, 0.25) is 0 Å². The fourth-order valence-corrected chi connectivity index (χ4v) is 3.61. The summed E-state index contributed by atoms with van der Waals surface area (Å²) in [5, 5.41) is 3.52. The zero-order valence-electron chi connectivity index (χ0n) is 12.2. The van der Waals surface area contributed by atoms with Crippen molar-refractivity contribution < 1.29 is 8.42 Å². The Labute approximate surface area is 128 Å². The molecule has 2 heterocycles. The Balaban J connectivity index is 2.15. The van der Waals surface area contributed by atoms with Gasteiger partial charge in [-0.2, -0.15) is 8.42 Å². The predicted octanol–water partition coefficient (Wildman–Crippen LogP) is 2.07. The van der Waals surface area contributed by atoms with E-state index in [4.69, 9.17) is 0 Å². The third-order valence-electron chi connectivity index (χ3n) is 2.90. The molecule has 0 aliphatic heterocycles. The molecule has 0 radical (unpaired) electrons. The molecule has 0 aliphatic carbocycles. The average Bonchev–Trinajstić information content (AvgIpc) is 2.74. The van der Waals surface area contributed by atoms with Gasteiger partial charge in [0.15, 0.2) is 10.2 Å². The van der Waals surface area contributed by atoms with Crippen molar-refractivity contribution in [3.63, 3.8) is 0 Å². The molecule has 0 amide bonds. The highest BCUT2D eigenvalue weighted by Crippen LogP contribution is 2.23. The zero-order valence-corrected chi connectivity index (χ0v) is 13.8. The zero-order chi connectivity index (χ0) is 15.5. The number of rotatable bonds is 6. The SMILES string of the molecule is CCNCc1ccc(S(=O)(=O)Nc2nc(C)c(C)s2)nc1. The van der Waals surface area contributed by atoms with E-state index in [0.29, 0.717) is 11.7 Å². The molecule has 2 aromatic heterocycles. The van der Waals surface area contributed by atoms with Gasteiger partial charge in [-0.1, -0.05) is 13.0 Å². The molecule has 0 bridgehead atoms. The van der Waals surface area contributed by atoms with Crippen LogP contribution >= 0.6 is 11.3 Å². The van der Waals surface area contributed by atoms with Crippen LogP contribution in [0.25, 0.3) is 0 Å². The summed E-state index contributed by atoms with van der Waals surface area (Å²) in [7, 11) is -3.69. The van der Waals surface area contributed by atoms with Crippen molar-refractivity contribution in [3.8, 4) is 0 Å². The molecular formula is C13H18N4O2S2. The number of nitrogens with one attached hydrogen (secondary N) is 2. The lowest BCUT2D eigenvalue weighted by Gasteiger charge is -2.06. The Kier molecular flexibility index (Phi) is 4.92. The molecular weight excluding hydrogens is 308 g/mol. The molecule has 21 heavy (non-hydrogen) atoms. The highest BCUT2D eigenvalue weighted by Gasteiger charge is 2.18. The molecule has 0 spiro atoms. The summed E-state index contributed by atoms with van der Waals surface area (Å²) in [4.78, 5) is 9.17. The lowest BCUT2D eigenvalue weighted by Crippen LogP contribution is -2.15. The number of anilines is 1. The maximum atomic E-state index is 12.2. The second-order valence-corrected chi connectivity index (χ2v) is 7.38. The molecule has 2 aromatic rings. The average molecular weight is 326 g/mol. The summed E-state index contributed by atoms with van der Waals surface area (Å²) in [6.07, 6.45) is 1.57. The van der Waals surface area contributed by atoms with Gasteiger partial charge < -0.3 is 5.32 Å². The van der Waals surface area contributed by atoms with Gasteiger partial charge in [0, 0.05) is 17.6 Å². The molecule has 6 nitrogen and oxygen atoms in total. The van der Waals surface area contributed by atoms with Crippen molar-refractivity contribution in [1.82, 2.24) is 15.3 Å². The van der Waals surface area contributed by atoms with Crippen LogP contribution in [0.15, 0.2) is 23.4 Å². The van der Waals surface area contributed by atoms with E-state index in [9.17, 15) is 8.42 Å². The summed E-state index contributed by atoms with van der Waals surface area (Å²) >= 11 is 1.31. The highest BCUT2D eigenvalue weighted by atomic mass is 32.2. The first kappa shape index (κ1) is 15.9. The highest BCUT2D eigenvalue weighted by molar-refractivity contribution is 7.92. The molecule has 0 aliphatic rings. The number of sulfonamides is 1. The largest absolute Gasteiger partial charge is 0.313 e. The monoisotopic (exact) mass is 326 g/mol. The summed E-state index contributed by atoms with van der Waals surface area (Å²) in [5.74, 6) is 0. The van der Waals surface area contributed by atoms with Crippen LogP contribution in [-0.2, 0) is 16.6 Å². The topological polar surface area (TPSA) is 84.0 Å². The lowest BCUT2D eigenvalue weighted by atomic mass is 10.3. The van der Waals surface area contributed by atoms with Gasteiger partial charge in [-0.25, -0.2) is 9.97 Å². The maximum absolute atomic E-state index is 12.2. The minimum absolute atomic E-state index is 0.00625. The van der Waals surface area contributed by atoms with Crippen LogP contribution < -0.4 is 10.0 Å². The Hall–Kier alpha value is -1.51. The van der Waals surface area contributed by atoms with Crippen molar-refractivity contribution in [1.29, 1.82) is 0 Å². The van der Waals surface area contributed by atoms with Crippen molar-refractivity contribution in [2.45, 2.75) is 32.3 Å². The molecule has 0 atom stereocenters. The van der Waals surface area contributed by atoms with E-state index in [2.05, 4.69) is 20.0 Å². The second-order valence-electron chi connectivity index (χ2n) is 4.55. The first-order chi connectivity index (χ1) is 9.92. The van der Waals surface area contributed by atoms with Gasteiger partial charge in [-0.05, 0) is 32.0 Å². The van der Waals surface area contributed by atoms with Crippen LogP contribution in [0.4, 0.5) is 5.13 Å². The Morgan fingerprint density at radius 3 is 2.57 bits per heavy atom. The molecule has 0 saturated heterocycles. The minimum atomic E-state index is -3.69. The molecule has 114 valence electrons. The van der Waals surface area contributed by atoms with Gasteiger partial charge >= 0.3 is 0 Å². The van der Waals surface area contributed by atoms with Crippen molar-refractivity contribution in [2.24, 2.45) is 0 Å². The third kappa shape index (κ3) is 3.99. The minimum Gasteiger partial charge on any atom is -0.313 e. The van der Waals surface area contributed by atoms with Crippen LogP contribution in [0, 0.1) is 13.8 Å². The van der Waals surface area contributed by atoms with E-state index in [1.807, 2.05) is 20.8 Å². The number of hydrogen-bond donors (Lipinski definition) is 2. The lowest BCUT2D eigenvalue weighted by molar-refractivity contribution is 0.597. The normalized spacial score (nSPS) is 11.6. The first-order valence-electron chi connectivity index (χ1n) is 6.55. The fraction of sp³-hybridized carbons (Fsp3) is 0.385. The van der Waals surface area contributed by atoms with Gasteiger partial charge in [0.25, 0.3) is 10.0 Å². The van der Waals surface area contributed by atoms with Crippen LogP contribution in [0.2, 0.25) is 0 Å². The van der Waals surface area contributed by atoms with E-state index < -0.39 is 10.0 Å². The fourth-order valence-electron chi connectivity index (χ4n) is 1.63. The molecule has 2 rings (SSSR count). The van der Waals surface area contributed by atoms with E-state index >= 15 is 0 Å². The van der Waals surface area contributed by atoms with E-state index in [0.717, 1.165) is 22.7 Å². The number of pyridine rings is 1. The second kappa shape index (κ2) is 6.50. The number of thiazole rings is 1. The van der Waals surface area contributed by atoms with Gasteiger partial charge in [0.05, 0.1) is 5.69 Å². The smallest absolute Gasteiger partial charge is 0.281 e. The van der Waals surface area contributed by atoms with Gasteiger partial charge in [-0.3, -0.25) is 4.72 Å². The van der Waals surface area contributed by atoms with Crippen molar-refractivity contribution >= 4 is 26.5 Å². The van der Waals surface area contributed by atoms with Crippen LogP contribution in [0.3, 0.4) is 0 Å². The van der Waals surface area contributed by atoms with Crippen molar-refractivity contribution in [2.75, 3.05) is 11.3 Å². The Morgan fingerprint density at radius 2 is 2.05 bits per heavy atom. The van der Waals surface area contributed by atoms with Crippen LogP contribution in [0.5, 0.6) is 0 Å². The summed E-state index contributed by atoms with van der Waals surface area (Å²) < 4.78 is 26.9. The summed E-state index contributed by atoms with van der Waals surface area (Å²) in [6, 6.07) is 3.25. The van der Waals surface area contributed by atoms with Crippen LogP contribution in [-0.4, -0.2) is 24.9 Å². The molecule has 2 N–H and O–H groups in total. The quantitative estimate of drug-likeness (QED) is 0.849. The van der Waals surface area contributed by atoms with Crippen molar-refractivity contribution in [3.05, 3.63) is 34.5 Å². The Bertz CT molecular complexity index is 689. The maximum Gasteiger partial charge on any atom is 0.281 e. The molecule has 0 saturated carbocycles. The number of aryl methyl sites for hydroxylation is 2. The van der Waals surface area contributed by atoms with Crippen LogP contribution in [0.1, 0.15) is 23.1 Å². The summed E-state index contributed by atoms with van der Waals surface area (Å²) in [5.41, 5.74) is 1.77. The first-order valence-corrected chi connectivity index (χ1v) is 8.85. The predicted molar refractivity (Wildman–Crippen MR) is 84.0 cm³/mol. The molecule has 0 fully saturated rings. The number of nitrogens with zero attached hydrogens (tertiary/aromatic N) is 2. The van der Waals surface area contributed by atoms with Gasteiger partial charge in [0.1, 0.15) is 0 Å². The van der Waals surface area contributed by atoms with E-state index in [-0.39, 0.29) is 5.03 Å².